The zero-order chi connectivity index (χ0) is 13.2. The normalized spacial score (nSPS) is 18.5. The lowest BCUT2D eigenvalue weighted by Crippen LogP contribution is -2.47. The van der Waals surface area contributed by atoms with E-state index in [0.717, 1.165) is 9.37 Å². The number of likely N-dealkylation sites (tertiary alicyclic amines) is 1. The number of hydrogen-bond acceptors (Lipinski definition) is 2. The lowest BCUT2D eigenvalue weighted by molar-refractivity contribution is -0.0510. The first-order valence-electron chi connectivity index (χ1n) is 5.52. The molecule has 4 nitrogen and oxygen atoms in total. The number of hydrogen-bond donors (Lipinski definition) is 1. The van der Waals surface area contributed by atoms with E-state index >= 15 is 0 Å². The zero-order valence-corrected chi connectivity index (χ0v) is 11.1. The van der Waals surface area contributed by atoms with Gasteiger partial charge >= 0.3 is 6.03 Å². The number of amides is 2. The summed E-state index contributed by atoms with van der Waals surface area (Å²) in [4.78, 5) is 16.8. The van der Waals surface area contributed by atoms with Gasteiger partial charge in [0.1, 0.15) is 5.82 Å². The van der Waals surface area contributed by atoms with Crippen LogP contribution in [0.25, 0.3) is 0 Å². The molecule has 0 unspecified atom stereocenters. The number of urea groups is 1. The van der Waals surface area contributed by atoms with Gasteiger partial charge in [0.15, 0.2) is 0 Å². The number of piperidine rings is 1. The summed E-state index contributed by atoms with van der Waals surface area (Å²) < 4.78 is 27.1. The van der Waals surface area contributed by atoms with Crippen LogP contribution in [0.5, 0.6) is 0 Å². The number of rotatable bonds is 1. The quantitative estimate of drug-likeness (QED) is 0.864. The van der Waals surface area contributed by atoms with E-state index in [1.807, 2.05) is 0 Å². The Morgan fingerprint density at radius 3 is 2.89 bits per heavy atom. The standard InChI is InChI=1S/C11H12BrF2N3O/c12-8-2-3-9(15-6-8)16-10(18)17-5-1-4-11(13,14)7-17/h2-3,6H,1,4-5,7H2,(H,15,16,18). The van der Waals surface area contributed by atoms with E-state index in [-0.39, 0.29) is 6.42 Å². The number of pyridine rings is 1. The second kappa shape index (κ2) is 5.17. The Kier molecular flexibility index (Phi) is 3.79. The van der Waals surface area contributed by atoms with Crippen molar-refractivity contribution in [1.82, 2.24) is 9.88 Å². The molecule has 1 aromatic heterocycles. The fourth-order valence-corrected chi connectivity index (χ4v) is 2.01. The van der Waals surface area contributed by atoms with Gasteiger partial charge in [-0.1, -0.05) is 0 Å². The van der Waals surface area contributed by atoms with E-state index < -0.39 is 18.5 Å². The van der Waals surface area contributed by atoms with Crippen molar-refractivity contribution in [2.75, 3.05) is 18.4 Å². The fourth-order valence-electron chi connectivity index (χ4n) is 1.78. The molecular formula is C11H12BrF2N3O. The van der Waals surface area contributed by atoms with Crippen LogP contribution in [-0.2, 0) is 0 Å². The van der Waals surface area contributed by atoms with E-state index in [1.165, 1.54) is 6.20 Å². The van der Waals surface area contributed by atoms with Crippen molar-refractivity contribution in [3.8, 4) is 0 Å². The summed E-state index contributed by atoms with van der Waals surface area (Å²) in [6.45, 7) is -0.187. The molecule has 0 aliphatic carbocycles. The smallest absolute Gasteiger partial charge is 0.318 e. The number of aromatic nitrogens is 1. The topological polar surface area (TPSA) is 45.2 Å². The minimum Gasteiger partial charge on any atom is -0.318 e. The lowest BCUT2D eigenvalue weighted by Gasteiger charge is -2.32. The Hall–Kier alpha value is -1.24. The third-order valence-electron chi connectivity index (χ3n) is 2.64. The minimum absolute atomic E-state index is 0.159. The van der Waals surface area contributed by atoms with Crippen LogP contribution >= 0.6 is 15.9 Å². The van der Waals surface area contributed by atoms with Crippen molar-refractivity contribution in [2.45, 2.75) is 18.8 Å². The zero-order valence-electron chi connectivity index (χ0n) is 9.50. The van der Waals surface area contributed by atoms with Gasteiger partial charge in [-0.25, -0.2) is 18.6 Å². The van der Waals surface area contributed by atoms with Crippen molar-refractivity contribution in [2.24, 2.45) is 0 Å². The Balaban J connectivity index is 1.97. The summed E-state index contributed by atoms with van der Waals surface area (Å²) in [7, 11) is 0. The highest BCUT2D eigenvalue weighted by Gasteiger charge is 2.37. The highest BCUT2D eigenvalue weighted by Crippen LogP contribution is 2.26. The van der Waals surface area contributed by atoms with Gasteiger partial charge in [-0.15, -0.1) is 0 Å². The maximum Gasteiger partial charge on any atom is 0.323 e. The van der Waals surface area contributed by atoms with Gasteiger partial charge in [0.05, 0.1) is 6.54 Å². The summed E-state index contributed by atoms with van der Waals surface area (Å²) >= 11 is 3.22. The van der Waals surface area contributed by atoms with E-state index in [9.17, 15) is 13.6 Å². The summed E-state index contributed by atoms with van der Waals surface area (Å²) in [6.07, 6.45) is 1.68. The second-order valence-electron chi connectivity index (χ2n) is 4.17. The van der Waals surface area contributed by atoms with Crippen LogP contribution < -0.4 is 5.32 Å². The van der Waals surface area contributed by atoms with Gasteiger partial charge < -0.3 is 4.90 Å². The van der Waals surface area contributed by atoms with Crippen molar-refractivity contribution < 1.29 is 13.6 Å². The Morgan fingerprint density at radius 1 is 1.50 bits per heavy atom. The van der Waals surface area contributed by atoms with E-state index in [4.69, 9.17) is 0 Å². The van der Waals surface area contributed by atoms with Crippen LogP contribution in [0.1, 0.15) is 12.8 Å². The predicted molar refractivity (Wildman–Crippen MR) is 66.7 cm³/mol. The first-order valence-corrected chi connectivity index (χ1v) is 6.31. The molecule has 2 amide bonds. The molecule has 1 aliphatic heterocycles. The molecule has 1 N–H and O–H groups in total. The molecule has 1 saturated heterocycles. The minimum atomic E-state index is -2.79. The molecule has 0 radical (unpaired) electrons. The van der Waals surface area contributed by atoms with Crippen molar-refractivity contribution in [1.29, 1.82) is 0 Å². The number of anilines is 1. The van der Waals surface area contributed by atoms with Gasteiger partial charge in [-0.3, -0.25) is 5.32 Å². The van der Waals surface area contributed by atoms with Crippen LogP contribution in [0.15, 0.2) is 22.8 Å². The van der Waals surface area contributed by atoms with Crippen molar-refractivity contribution >= 4 is 27.8 Å². The average molecular weight is 320 g/mol. The van der Waals surface area contributed by atoms with Crippen LogP contribution in [0.3, 0.4) is 0 Å². The van der Waals surface area contributed by atoms with Gasteiger partial charge in [0.2, 0.25) is 0 Å². The van der Waals surface area contributed by atoms with Gasteiger partial charge in [0.25, 0.3) is 5.92 Å². The molecule has 2 heterocycles. The summed E-state index contributed by atoms with van der Waals surface area (Å²) in [6, 6.07) is 2.78. The highest BCUT2D eigenvalue weighted by molar-refractivity contribution is 9.10. The third kappa shape index (κ3) is 3.38. The van der Waals surface area contributed by atoms with Crippen LogP contribution in [0.4, 0.5) is 19.4 Å². The van der Waals surface area contributed by atoms with E-state index in [1.54, 1.807) is 12.1 Å². The molecule has 1 aliphatic rings. The predicted octanol–water partition coefficient (Wildman–Crippen LogP) is 3.11. The Labute approximate surface area is 112 Å². The summed E-state index contributed by atoms with van der Waals surface area (Å²) in [5.41, 5.74) is 0. The first kappa shape index (κ1) is 13.2. The molecule has 0 spiro atoms. The van der Waals surface area contributed by atoms with Crippen molar-refractivity contribution in [3.05, 3.63) is 22.8 Å². The Bertz CT molecular complexity index is 438. The third-order valence-corrected chi connectivity index (χ3v) is 3.11. The molecule has 7 heteroatoms. The second-order valence-corrected chi connectivity index (χ2v) is 5.09. The molecule has 18 heavy (non-hydrogen) atoms. The monoisotopic (exact) mass is 319 g/mol. The van der Waals surface area contributed by atoms with Gasteiger partial charge in [0, 0.05) is 23.6 Å². The van der Waals surface area contributed by atoms with Gasteiger partial charge in [-0.2, -0.15) is 0 Å². The molecule has 0 bridgehead atoms. The van der Waals surface area contributed by atoms with E-state index in [0.29, 0.717) is 18.8 Å². The number of nitrogens with one attached hydrogen (secondary N) is 1. The average Bonchev–Trinajstić information content (AvgIpc) is 2.31. The SMILES string of the molecule is O=C(Nc1ccc(Br)cn1)N1CCCC(F)(F)C1. The molecule has 98 valence electrons. The number of halogens is 3. The molecule has 1 aromatic rings. The number of carbonyl (C=O) groups is 1. The van der Waals surface area contributed by atoms with Crippen molar-refractivity contribution in [3.63, 3.8) is 0 Å². The number of alkyl halides is 2. The molecule has 1 fully saturated rings. The van der Waals surface area contributed by atoms with Gasteiger partial charge in [-0.05, 0) is 34.5 Å². The largest absolute Gasteiger partial charge is 0.323 e. The molecule has 0 aromatic carbocycles. The number of carbonyl (C=O) groups excluding carboxylic acids is 1. The number of nitrogens with zero attached hydrogens (tertiary/aromatic N) is 2. The molecule has 2 rings (SSSR count). The maximum absolute atomic E-state index is 13.2. The first-order chi connectivity index (χ1) is 8.46. The Morgan fingerprint density at radius 2 is 2.28 bits per heavy atom. The molecule has 0 atom stereocenters. The van der Waals surface area contributed by atoms with Crippen LogP contribution in [0.2, 0.25) is 0 Å². The van der Waals surface area contributed by atoms with Crippen LogP contribution in [-0.4, -0.2) is 34.9 Å². The molecular weight excluding hydrogens is 308 g/mol. The summed E-state index contributed by atoms with van der Waals surface area (Å²) in [5, 5.41) is 2.50. The summed E-state index contributed by atoms with van der Waals surface area (Å²) in [5.74, 6) is -2.44. The molecule has 0 saturated carbocycles. The fraction of sp³-hybridized carbons (Fsp3) is 0.455. The highest BCUT2D eigenvalue weighted by atomic mass is 79.9. The lowest BCUT2D eigenvalue weighted by atomic mass is 10.1. The maximum atomic E-state index is 13.2. The van der Waals surface area contributed by atoms with Crippen LogP contribution in [0, 0.1) is 0 Å². The van der Waals surface area contributed by atoms with E-state index in [2.05, 4.69) is 26.2 Å².